The fraction of sp³-hybridized carbons (Fsp3) is 0.0625. The monoisotopic (exact) mass is 362 g/mol. The fourth-order valence-corrected chi connectivity index (χ4v) is 2.92. The molecular formula is C16H12BrClN2O. The predicted molar refractivity (Wildman–Crippen MR) is 89.2 cm³/mol. The maximum atomic E-state index is 6.20. The largest absolute Gasteiger partial charge is 0.380 e. The van der Waals surface area contributed by atoms with Crippen LogP contribution in [0.25, 0.3) is 22.5 Å². The van der Waals surface area contributed by atoms with Crippen molar-refractivity contribution in [3.63, 3.8) is 0 Å². The molecule has 0 fully saturated rings. The molecule has 0 atom stereocenters. The summed E-state index contributed by atoms with van der Waals surface area (Å²) in [6.07, 6.45) is 0. The molecule has 0 amide bonds. The molecule has 2 aromatic carbocycles. The van der Waals surface area contributed by atoms with Crippen LogP contribution in [0.3, 0.4) is 0 Å². The maximum absolute atomic E-state index is 6.20. The van der Waals surface area contributed by atoms with Crippen molar-refractivity contribution in [2.24, 2.45) is 0 Å². The van der Waals surface area contributed by atoms with E-state index < -0.39 is 0 Å². The van der Waals surface area contributed by atoms with E-state index in [0.29, 0.717) is 16.6 Å². The second-order valence-electron chi connectivity index (χ2n) is 4.66. The number of anilines is 1. The van der Waals surface area contributed by atoms with Crippen LogP contribution in [0.2, 0.25) is 5.02 Å². The number of nitrogens with two attached hydrogens (primary N) is 1. The van der Waals surface area contributed by atoms with Gasteiger partial charge >= 0.3 is 0 Å². The molecule has 106 valence electrons. The molecule has 1 heterocycles. The van der Waals surface area contributed by atoms with E-state index in [4.69, 9.17) is 21.9 Å². The summed E-state index contributed by atoms with van der Waals surface area (Å²) in [4.78, 5) is 0. The van der Waals surface area contributed by atoms with Crippen molar-refractivity contribution in [3.05, 3.63) is 57.5 Å². The molecule has 3 rings (SSSR count). The predicted octanol–water partition coefficient (Wildman–Crippen LogP) is 5.32. The minimum absolute atomic E-state index is 0.358. The van der Waals surface area contributed by atoms with Crippen molar-refractivity contribution in [3.8, 4) is 22.5 Å². The molecule has 0 spiro atoms. The van der Waals surface area contributed by atoms with E-state index in [2.05, 4.69) is 21.1 Å². The lowest BCUT2D eigenvalue weighted by Crippen LogP contribution is -1.91. The topological polar surface area (TPSA) is 52.0 Å². The van der Waals surface area contributed by atoms with Gasteiger partial charge in [-0.05, 0) is 24.6 Å². The first kappa shape index (κ1) is 14.2. The summed E-state index contributed by atoms with van der Waals surface area (Å²) in [6.45, 7) is 1.94. The number of hydrogen-bond acceptors (Lipinski definition) is 3. The Hall–Kier alpha value is -1.78. The first-order valence-electron chi connectivity index (χ1n) is 6.35. The minimum atomic E-state index is 0.358. The highest BCUT2D eigenvalue weighted by molar-refractivity contribution is 9.10. The number of nitrogens with zero attached hydrogens (tertiary/aromatic N) is 1. The van der Waals surface area contributed by atoms with Crippen LogP contribution in [-0.2, 0) is 0 Å². The van der Waals surface area contributed by atoms with E-state index in [-0.39, 0.29) is 0 Å². The van der Waals surface area contributed by atoms with Gasteiger partial charge in [-0.3, -0.25) is 0 Å². The Morgan fingerprint density at radius 2 is 1.81 bits per heavy atom. The molecule has 0 radical (unpaired) electrons. The molecule has 0 aliphatic heterocycles. The summed E-state index contributed by atoms with van der Waals surface area (Å²) < 4.78 is 6.40. The Bertz CT molecular complexity index is 814. The zero-order valence-corrected chi connectivity index (χ0v) is 13.6. The van der Waals surface area contributed by atoms with E-state index in [9.17, 15) is 0 Å². The highest BCUT2D eigenvalue weighted by Crippen LogP contribution is 2.41. The lowest BCUT2D eigenvalue weighted by atomic mass is 9.99. The average Bonchev–Trinajstić information content (AvgIpc) is 2.84. The highest BCUT2D eigenvalue weighted by Gasteiger charge is 2.21. The van der Waals surface area contributed by atoms with Crippen molar-refractivity contribution in [2.75, 3.05) is 5.73 Å². The van der Waals surface area contributed by atoms with Crippen LogP contribution in [-0.4, -0.2) is 5.16 Å². The molecule has 1 aromatic heterocycles. The molecule has 0 aliphatic rings. The Morgan fingerprint density at radius 3 is 2.57 bits per heavy atom. The fourth-order valence-electron chi connectivity index (χ4n) is 2.26. The van der Waals surface area contributed by atoms with E-state index in [0.717, 1.165) is 26.7 Å². The van der Waals surface area contributed by atoms with Gasteiger partial charge in [0.05, 0.1) is 5.56 Å². The lowest BCUT2D eigenvalue weighted by Gasteiger charge is -2.08. The van der Waals surface area contributed by atoms with Crippen molar-refractivity contribution >= 4 is 33.3 Å². The average molecular weight is 364 g/mol. The van der Waals surface area contributed by atoms with Gasteiger partial charge in [0.1, 0.15) is 0 Å². The maximum Gasteiger partial charge on any atom is 0.177 e. The number of hydrogen-bond donors (Lipinski definition) is 1. The summed E-state index contributed by atoms with van der Waals surface area (Å²) in [6, 6.07) is 13.5. The minimum Gasteiger partial charge on any atom is -0.380 e. The number of benzene rings is 2. The van der Waals surface area contributed by atoms with Crippen LogP contribution in [0, 0.1) is 6.92 Å². The van der Waals surface area contributed by atoms with Gasteiger partial charge in [0.15, 0.2) is 11.6 Å². The number of nitrogen functional groups attached to an aromatic ring is 1. The van der Waals surface area contributed by atoms with E-state index in [1.54, 1.807) is 0 Å². The zero-order chi connectivity index (χ0) is 15.0. The third-order valence-electron chi connectivity index (χ3n) is 3.37. The highest BCUT2D eigenvalue weighted by atomic mass is 79.9. The first-order valence-corrected chi connectivity index (χ1v) is 7.52. The van der Waals surface area contributed by atoms with Gasteiger partial charge in [-0.2, -0.15) is 0 Å². The van der Waals surface area contributed by atoms with Crippen molar-refractivity contribution in [1.82, 2.24) is 5.16 Å². The summed E-state index contributed by atoms with van der Waals surface area (Å²) in [7, 11) is 0. The van der Waals surface area contributed by atoms with Crippen molar-refractivity contribution in [2.45, 2.75) is 6.92 Å². The molecule has 3 aromatic rings. The van der Waals surface area contributed by atoms with Gasteiger partial charge in [-0.15, -0.1) is 0 Å². The molecule has 0 saturated heterocycles. The molecule has 2 N–H and O–H groups in total. The SMILES string of the molecule is Cc1c(Cl)cccc1-c1onc(N)c1-c1ccccc1Br. The number of halogens is 2. The Morgan fingerprint density at radius 1 is 1.10 bits per heavy atom. The van der Waals surface area contributed by atoms with Crippen molar-refractivity contribution < 1.29 is 4.52 Å². The molecular weight excluding hydrogens is 352 g/mol. The number of aromatic nitrogens is 1. The number of rotatable bonds is 2. The van der Waals surface area contributed by atoms with Crippen LogP contribution in [0.5, 0.6) is 0 Å². The molecule has 3 nitrogen and oxygen atoms in total. The molecule has 0 saturated carbocycles. The second-order valence-corrected chi connectivity index (χ2v) is 5.93. The normalized spacial score (nSPS) is 10.8. The van der Waals surface area contributed by atoms with Gasteiger partial charge in [0.2, 0.25) is 0 Å². The quantitative estimate of drug-likeness (QED) is 0.671. The van der Waals surface area contributed by atoms with Gasteiger partial charge in [-0.1, -0.05) is 63.0 Å². The zero-order valence-electron chi connectivity index (χ0n) is 11.2. The van der Waals surface area contributed by atoms with Crippen LogP contribution < -0.4 is 5.73 Å². The van der Waals surface area contributed by atoms with Gasteiger partial charge in [-0.25, -0.2) is 0 Å². The smallest absolute Gasteiger partial charge is 0.177 e. The van der Waals surface area contributed by atoms with Gasteiger partial charge in [0, 0.05) is 20.6 Å². The van der Waals surface area contributed by atoms with E-state index in [1.165, 1.54) is 0 Å². The second kappa shape index (κ2) is 5.54. The molecule has 5 heteroatoms. The van der Waals surface area contributed by atoms with Gasteiger partial charge in [0.25, 0.3) is 0 Å². The molecule has 0 bridgehead atoms. The Labute approximate surface area is 135 Å². The lowest BCUT2D eigenvalue weighted by molar-refractivity contribution is 0.436. The van der Waals surface area contributed by atoms with Crippen LogP contribution in [0.1, 0.15) is 5.56 Å². The Kier molecular flexibility index (Phi) is 3.74. The Balaban J connectivity index is 2.28. The van der Waals surface area contributed by atoms with Crippen molar-refractivity contribution in [1.29, 1.82) is 0 Å². The van der Waals surface area contributed by atoms with E-state index in [1.807, 2.05) is 49.4 Å². The summed E-state index contributed by atoms with van der Waals surface area (Å²) >= 11 is 9.74. The molecule has 0 aliphatic carbocycles. The summed E-state index contributed by atoms with van der Waals surface area (Å²) in [5, 5.41) is 4.60. The third-order valence-corrected chi connectivity index (χ3v) is 4.47. The molecule has 0 unspecified atom stereocenters. The van der Waals surface area contributed by atoms with Gasteiger partial charge < -0.3 is 10.3 Å². The first-order chi connectivity index (χ1) is 10.1. The summed E-state index contributed by atoms with van der Waals surface area (Å²) in [5.41, 5.74) is 9.54. The third kappa shape index (κ3) is 2.45. The summed E-state index contributed by atoms with van der Waals surface area (Å²) in [5.74, 6) is 0.982. The molecule has 21 heavy (non-hydrogen) atoms. The van der Waals surface area contributed by atoms with Crippen LogP contribution in [0.15, 0.2) is 51.5 Å². The van der Waals surface area contributed by atoms with Crippen LogP contribution >= 0.6 is 27.5 Å². The standard InChI is InChI=1S/C16H12BrClN2O/c1-9-10(6-4-8-13(9)18)15-14(16(19)20-21-15)11-5-2-3-7-12(11)17/h2-8H,1H3,(H2,19,20). The van der Waals surface area contributed by atoms with Crippen LogP contribution in [0.4, 0.5) is 5.82 Å². The van der Waals surface area contributed by atoms with E-state index >= 15 is 0 Å².